The average molecular weight is 282 g/mol. The molecule has 3 N–H and O–H groups in total. The van der Waals surface area contributed by atoms with Gasteiger partial charge in [-0.25, -0.2) is 0 Å². The molecule has 116 valence electrons. The van der Waals surface area contributed by atoms with Crippen LogP contribution in [0.4, 0.5) is 0 Å². The smallest absolute Gasteiger partial charge is 0.226 e. The minimum atomic E-state index is -0.659. The molecule has 2 fully saturated rings. The van der Waals surface area contributed by atoms with Gasteiger partial charge in [0.15, 0.2) is 0 Å². The molecule has 0 unspecified atom stereocenters. The maximum absolute atomic E-state index is 12.6. The van der Waals surface area contributed by atoms with Gasteiger partial charge in [-0.05, 0) is 45.2 Å². The first-order valence-electron chi connectivity index (χ1n) is 8.32. The van der Waals surface area contributed by atoms with Gasteiger partial charge in [0.25, 0.3) is 0 Å². The summed E-state index contributed by atoms with van der Waals surface area (Å²) in [6.07, 6.45) is 8.87. The summed E-state index contributed by atoms with van der Waals surface area (Å²) in [4.78, 5) is 12.6. The van der Waals surface area contributed by atoms with E-state index in [0.29, 0.717) is 6.54 Å². The molecule has 1 amide bonds. The molecule has 4 heteroatoms. The quantitative estimate of drug-likeness (QED) is 0.722. The number of hydrogen-bond donors (Lipinski definition) is 3. The van der Waals surface area contributed by atoms with Crippen LogP contribution in [0.5, 0.6) is 0 Å². The van der Waals surface area contributed by atoms with Crippen LogP contribution in [0.15, 0.2) is 0 Å². The van der Waals surface area contributed by atoms with E-state index < -0.39 is 5.60 Å². The van der Waals surface area contributed by atoms with Gasteiger partial charge in [-0.1, -0.05) is 32.6 Å². The van der Waals surface area contributed by atoms with Crippen molar-refractivity contribution < 1.29 is 9.90 Å². The molecular weight excluding hydrogens is 252 g/mol. The van der Waals surface area contributed by atoms with Crippen LogP contribution in [0, 0.1) is 5.41 Å². The van der Waals surface area contributed by atoms with E-state index in [1.165, 1.54) is 6.42 Å². The SMILES string of the molecule is CCCC1(C(=O)NCC2(O)CCCCC2)CCNCC1. The second-order valence-corrected chi connectivity index (χ2v) is 6.75. The van der Waals surface area contributed by atoms with Gasteiger partial charge in [-0.2, -0.15) is 0 Å². The monoisotopic (exact) mass is 282 g/mol. The molecule has 20 heavy (non-hydrogen) atoms. The van der Waals surface area contributed by atoms with E-state index in [2.05, 4.69) is 17.6 Å². The Morgan fingerprint density at radius 2 is 1.80 bits per heavy atom. The standard InChI is InChI=1S/C16H30N2O2/c1-2-6-15(9-11-17-12-10-15)14(19)18-13-16(20)7-4-3-5-8-16/h17,20H,2-13H2,1H3,(H,18,19). The number of nitrogens with one attached hydrogen (secondary N) is 2. The van der Waals surface area contributed by atoms with Crippen LogP contribution in [0.1, 0.15) is 64.7 Å². The lowest BCUT2D eigenvalue weighted by Crippen LogP contribution is -2.52. The molecule has 1 aliphatic carbocycles. The summed E-state index contributed by atoms with van der Waals surface area (Å²) >= 11 is 0. The molecule has 1 aliphatic heterocycles. The molecular formula is C16H30N2O2. The lowest BCUT2D eigenvalue weighted by atomic mass is 9.74. The summed E-state index contributed by atoms with van der Waals surface area (Å²) < 4.78 is 0. The molecule has 1 saturated heterocycles. The van der Waals surface area contributed by atoms with E-state index >= 15 is 0 Å². The van der Waals surface area contributed by atoms with Crippen molar-refractivity contribution in [1.29, 1.82) is 0 Å². The van der Waals surface area contributed by atoms with Crippen molar-refractivity contribution in [3.8, 4) is 0 Å². The third-order valence-corrected chi connectivity index (χ3v) is 5.13. The fourth-order valence-electron chi connectivity index (χ4n) is 3.79. The Morgan fingerprint density at radius 1 is 1.15 bits per heavy atom. The van der Waals surface area contributed by atoms with E-state index in [4.69, 9.17) is 0 Å². The van der Waals surface area contributed by atoms with Crippen LogP contribution in [-0.4, -0.2) is 36.2 Å². The van der Waals surface area contributed by atoms with Crippen LogP contribution < -0.4 is 10.6 Å². The number of carbonyl (C=O) groups is 1. The summed E-state index contributed by atoms with van der Waals surface area (Å²) in [6, 6.07) is 0. The molecule has 0 atom stereocenters. The molecule has 4 nitrogen and oxygen atoms in total. The fraction of sp³-hybridized carbons (Fsp3) is 0.938. The van der Waals surface area contributed by atoms with Gasteiger partial charge in [-0.15, -0.1) is 0 Å². The lowest BCUT2D eigenvalue weighted by molar-refractivity contribution is -0.134. The van der Waals surface area contributed by atoms with E-state index in [-0.39, 0.29) is 11.3 Å². The van der Waals surface area contributed by atoms with Crippen LogP contribution in [0.25, 0.3) is 0 Å². The zero-order valence-corrected chi connectivity index (χ0v) is 12.8. The largest absolute Gasteiger partial charge is 0.388 e. The zero-order valence-electron chi connectivity index (χ0n) is 12.8. The van der Waals surface area contributed by atoms with Crippen molar-refractivity contribution in [3.63, 3.8) is 0 Å². The molecule has 0 aromatic heterocycles. The van der Waals surface area contributed by atoms with Gasteiger partial charge in [-0.3, -0.25) is 4.79 Å². The Kier molecular flexibility index (Phi) is 5.44. The summed E-state index contributed by atoms with van der Waals surface area (Å²) in [5, 5.41) is 16.9. The maximum Gasteiger partial charge on any atom is 0.226 e. The van der Waals surface area contributed by atoms with Crippen LogP contribution in [-0.2, 0) is 4.79 Å². The van der Waals surface area contributed by atoms with Crippen molar-refractivity contribution in [3.05, 3.63) is 0 Å². The lowest BCUT2D eigenvalue weighted by Gasteiger charge is -2.38. The molecule has 2 rings (SSSR count). The normalized spacial score (nSPS) is 25.1. The highest BCUT2D eigenvalue weighted by Gasteiger charge is 2.39. The first-order valence-corrected chi connectivity index (χ1v) is 8.32. The molecule has 1 saturated carbocycles. The second kappa shape index (κ2) is 6.90. The summed E-state index contributed by atoms with van der Waals surface area (Å²) in [5.74, 6) is 0.167. The molecule has 0 spiro atoms. The van der Waals surface area contributed by atoms with Gasteiger partial charge < -0.3 is 15.7 Å². The number of aliphatic hydroxyl groups is 1. The van der Waals surface area contributed by atoms with Crippen LogP contribution in [0.3, 0.4) is 0 Å². The first kappa shape index (κ1) is 15.8. The van der Waals surface area contributed by atoms with Gasteiger partial charge in [0.05, 0.1) is 11.0 Å². The van der Waals surface area contributed by atoms with Crippen molar-refractivity contribution in [2.45, 2.75) is 70.3 Å². The number of carbonyl (C=O) groups excluding carboxylic acids is 1. The third-order valence-electron chi connectivity index (χ3n) is 5.13. The number of hydrogen-bond acceptors (Lipinski definition) is 3. The average Bonchev–Trinajstić information content (AvgIpc) is 2.47. The minimum absolute atomic E-state index is 0.167. The van der Waals surface area contributed by atoms with E-state index in [0.717, 1.165) is 64.5 Å². The van der Waals surface area contributed by atoms with Gasteiger partial charge in [0, 0.05) is 6.54 Å². The van der Waals surface area contributed by atoms with Gasteiger partial charge >= 0.3 is 0 Å². The number of amides is 1. The minimum Gasteiger partial charge on any atom is -0.388 e. The first-order chi connectivity index (χ1) is 9.60. The Bertz CT molecular complexity index is 313. The summed E-state index contributed by atoms with van der Waals surface area (Å²) in [5.41, 5.74) is -0.862. The van der Waals surface area contributed by atoms with E-state index in [1.807, 2.05) is 0 Å². The van der Waals surface area contributed by atoms with E-state index in [1.54, 1.807) is 0 Å². The van der Waals surface area contributed by atoms with Gasteiger partial charge in [0.1, 0.15) is 0 Å². The molecule has 0 aromatic rings. The van der Waals surface area contributed by atoms with Crippen LogP contribution >= 0.6 is 0 Å². The molecule has 0 aromatic carbocycles. The third kappa shape index (κ3) is 3.73. The fourth-order valence-corrected chi connectivity index (χ4v) is 3.79. The predicted molar refractivity (Wildman–Crippen MR) is 80.5 cm³/mol. The Morgan fingerprint density at radius 3 is 2.40 bits per heavy atom. The number of piperidine rings is 1. The predicted octanol–water partition coefficient (Wildman–Crippen LogP) is 1.97. The maximum atomic E-state index is 12.6. The Hall–Kier alpha value is -0.610. The highest BCUT2D eigenvalue weighted by molar-refractivity contribution is 5.82. The summed E-state index contributed by atoms with van der Waals surface area (Å²) in [7, 11) is 0. The van der Waals surface area contributed by atoms with Crippen molar-refractivity contribution in [1.82, 2.24) is 10.6 Å². The Labute approximate surface area is 122 Å². The van der Waals surface area contributed by atoms with Crippen LogP contribution in [0.2, 0.25) is 0 Å². The zero-order chi connectivity index (χ0) is 14.5. The van der Waals surface area contributed by atoms with E-state index in [9.17, 15) is 9.90 Å². The highest BCUT2D eigenvalue weighted by Crippen LogP contribution is 2.35. The molecule has 2 aliphatic rings. The second-order valence-electron chi connectivity index (χ2n) is 6.75. The molecule has 1 heterocycles. The van der Waals surface area contributed by atoms with Crippen molar-refractivity contribution in [2.24, 2.45) is 5.41 Å². The van der Waals surface area contributed by atoms with Gasteiger partial charge in [0.2, 0.25) is 5.91 Å². The Balaban J connectivity index is 1.91. The molecule has 0 bridgehead atoms. The van der Waals surface area contributed by atoms with Crippen molar-refractivity contribution in [2.75, 3.05) is 19.6 Å². The number of rotatable bonds is 5. The highest BCUT2D eigenvalue weighted by atomic mass is 16.3. The topological polar surface area (TPSA) is 61.4 Å². The van der Waals surface area contributed by atoms with Crippen molar-refractivity contribution >= 4 is 5.91 Å². The molecule has 0 radical (unpaired) electrons. The summed E-state index contributed by atoms with van der Waals surface area (Å²) in [6.45, 7) is 4.44.